The zero-order chi connectivity index (χ0) is 16.6. The lowest BCUT2D eigenvalue weighted by Gasteiger charge is -2.25. The first-order chi connectivity index (χ1) is 10.3. The number of carboxylic acids is 1. The number of carbonyl (C=O) groups excluding carboxylic acids is 1. The van der Waals surface area contributed by atoms with Crippen LogP contribution in [-0.2, 0) is 25.7 Å². The summed E-state index contributed by atoms with van der Waals surface area (Å²) in [7, 11) is 0. The minimum Gasteiger partial charge on any atom is -0.480 e. The van der Waals surface area contributed by atoms with E-state index in [0.29, 0.717) is 0 Å². The van der Waals surface area contributed by atoms with Gasteiger partial charge in [0.2, 0.25) is 0 Å². The van der Waals surface area contributed by atoms with Gasteiger partial charge < -0.3 is 14.6 Å². The van der Waals surface area contributed by atoms with Gasteiger partial charge in [0.25, 0.3) is 0 Å². The molecule has 0 amide bonds. The van der Waals surface area contributed by atoms with E-state index in [2.05, 4.69) is 5.32 Å². The predicted octanol–water partition coefficient (Wildman–Crippen LogP) is 1.94. The Morgan fingerprint density at radius 1 is 1.27 bits per heavy atom. The third-order valence-electron chi connectivity index (χ3n) is 3.04. The van der Waals surface area contributed by atoms with Gasteiger partial charge in [0.1, 0.15) is 12.6 Å². The van der Waals surface area contributed by atoms with Crippen LogP contribution in [0.3, 0.4) is 0 Å². The molecular weight excluding hydrogens is 286 g/mol. The van der Waals surface area contributed by atoms with Crippen molar-refractivity contribution in [2.45, 2.75) is 45.4 Å². The van der Waals surface area contributed by atoms with Crippen LogP contribution < -0.4 is 5.32 Å². The van der Waals surface area contributed by atoms with Crippen LogP contribution in [0.4, 0.5) is 0 Å². The van der Waals surface area contributed by atoms with Crippen molar-refractivity contribution in [3.63, 3.8) is 0 Å². The molecule has 0 fully saturated rings. The van der Waals surface area contributed by atoms with E-state index < -0.39 is 17.6 Å². The van der Waals surface area contributed by atoms with E-state index in [1.807, 2.05) is 30.3 Å². The average Bonchev–Trinajstić information content (AvgIpc) is 2.45. The maximum Gasteiger partial charge on any atom is 0.320 e. The van der Waals surface area contributed by atoms with Crippen LogP contribution >= 0.6 is 0 Å². The van der Waals surface area contributed by atoms with Crippen molar-refractivity contribution >= 4 is 11.9 Å². The summed E-state index contributed by atoms with van der Waals surface area (Å²) in [6.45, 7) is 5.30. The largest absolute Gasteiger partial charge is 0.480 e. The Morgan fingerprint density at radius 3 is 2.50 bits per heavy atom. The molecule has 122 valence electrons. The van der Waals surface area contributed by atoms with E-state index >= 15 is 0 Å². The van der Waals surface area contributed by atoms with Crippen LogP contribution in [0.15, 0.2) is 30.3 Å². The summed E-state index contributed by atoms with van der Waals surface area (Å²) < 4.78 is 10.7. The van der Waals surface area contributed by atoms with Gasteiger partial charge in [0, 0.05) is 0 Å². The Kier molecular flexibility index (Phi) is 7.01. The van der Waals surface area contributed by atoms with Crippen LogP contribution in [0.25, 0.3) is 0 Å². The minimum absolute atomic E-state index is 0.0480. The lowest BCUT2D eigenvalue weighted by atomic mass is 10.1. The van der Waals surface area contributed by atoms with Gasteiger partial charge in [0.05, 0.1) is 18.8 Å². The maximum absolute atomic E-state index is 11.8. The number of ether oxygens (including phenoxy) is 2. The molecule has 6 heteroatoms. The van der Waals surface area contributed by atoms with Crippen molar-refractivity contribution in [1.29, 1.82) is 0 Å². The molecule has 0 aliphatic carbocycles. The lowest BCUT2D eigenvalue weighted by molar-refractivity contribution is -0.153. The molecule has 0 bridgehead atoms. The van der Waals surface area contributed by atoms with Gasteiger partial charge in [-0.25, -0.2) is 0 Å². The number of carboxylic acid groups (broad SMARTS) is 1. The molecule has 0 aromatic heterocycles. The third kappa shape index (κ3) is 7.19. The second-order valence-corrected chi connectivity index (χ2v) is 5.64. The van der Waals surface area contributed by atoms with E-state index in [0.717, 1.165) is 5.56 Å². The molecule has 0 radical (unpaired) electrons. The highest BCUT2D eigenvalue weighted by Gasteiger charge is 2.24. The molecule has 6 nitrogen and oxygen atoms in total. The summed E-state index contributed by atoms with van der Waals surface area (Å²) >= 11 is 0. The number of carbonyl (C=O) groups is 2. The van der Waals surface area contributed by atoms with Gasteiger partial charge in [-0.2, -0.15) is 0 Å². The van der Waals surface area contributed by atoms with Gasteiger partial charge in [-0.1, -0.05) is 30.3 Å². The zero-order valence-electron chi connectivity index (χ0n) is 13.2. The standard InChI is InChI=1S/C16H23NO5/c1-12(15(19)20)17-11-22-16(2,3)9-14(18)21-10-13-7-5-4-6-8-13/h4-8,12,17H,9-11H2,1-3H3,(H,19,20). The normalized spacial score (nSPS) is 12.7. The van der Waals surface area contributed by atoms with Crippen molar-refractivity contribution in [3.8, 4) is 0 Å². The number of esters is 1. The number of rotatable bonds is 9. The highest BCUT2D eigenvalue weighted by molar-refractivity contribution is 5.72. The lowest BCUT2D eigenvalue weighted by Crippen LogP contribution is -2.39. The number of hydrogen-bond acceptors (Lipinski definition) is 5. The van der Waals surface area contributed by atoms with Crippen LogP contribution in [0, 0.1) is 0 Å². The molecule has 0 heterocycles. The molecule has 0 aliphatic heterocycles. The number of hydrogen-bond donors (Lipinski definition) is 2. The van der Waals surface area contributed by atoms with E-state index in [4.69, 9.17) is 14.6 Å². The van der Waals surface area contributed by atoms with Gasteiger partial charge in [-0.3, -0.25) is 14.9 Å². The number of benzene rings is 1. The monoisotopic (exact) mass is 309 g/mol. The first kappa shape index (κ1) is 18.1. The Balaban J connectivity index is 2.30. The van der Waals surface area contributed by atoms with Crippen molar-refractivity contribution in [2.24, 2.45) is 0 Å². The molecule has 0 aliphatic rings. The molecule has 1 aromatic rings. The van der Waals surface area contributed by atoms with Crippen molar-refractivity contribution in [3.05, 3.63) is 35.9 Å². The summed E-state index contributed by atoms with van der Waals surface area (Å²) in [5.74, 6) is -1.32. The molecule has 0 spiro atoms. The Hall–Kier alpha value is -1.92. The molecule has 1 rings (SSSR count). The topological polar surface area (TPSA) is 84.9 Å². The molecular formula is C16H23NO5. The molecule has 2 N–H and O–H groups in total. The number of nitrogens with one attached hydrogen (secondary N) is 1. The first-order valence-corrected chi connectivity index (χ1v) is 7.10. The molecule has 1 unspecified atom stereocenters. The summed E-state index contributed by atoms with van der Waals surface area (Å²) in [4.78, 5) is 22.5. The van der Waals surface area contributed by atoms with E-state index in [9.17, 15) is 9.59 Å². The smallest absolute Gasteiger partial charge is 0.320 e. The fraction of sp³-hybridized carbons (Fsp3) is 0.500. The fourth-order valence-corrected chi connectivity index (χ4v) is 1.64. The quantitative estimate of drug-likeness (QED) is 0.535. The third-order valence-corrected chi connectivity index (χ3v) is 3.04. The SMILES string of the molecule is CC(NCOC(C)(C)CC(=O)OCc1ccccc1)C(=O)O. The maximum atomic E-state index is 11.8. The highest BCUT2D eigenvalue weighted by Crippen LogP contribution is 2.15. The second-order valence-electron chi connectivity index (χ2n) is 5.64. The van der Waals surface area contributed by atoms with Gasteiger partial charge in [-0.15, -0.1) is 0 Å². The van der Waals surface area contributed by atoms with Crippen molar-refractivity contribution in [2.75, 3.05) is 6.73 Å². The fourth-order valence-electron chi connectivity index (χ4n) is 1.64. The summed E-state index contributed by atoms with van der Waals surface area (Å²) in [6, 6.07) is 8.71. The number of aliphatic carboxylic acids is 1. The van der Waals surface area contributed by atoms with E-state index in [1.165, 1.54) is 6.92 Å². The van der Waals surface area contributed by atoms with E-state index in [1.54, 1.807) is 13.8 Å². The molecule has 0 saturated carbocycles. The summed E-state index contributed by atoms with van der Waals surface area (Å²) in [6.07, 6.45) is 0.0863. The predicted molar refractivity (Wildman–Crippen MR) is 81.1 cm³/mol. The van der Waals surface area contributed by atoms with Gasteiger partial charge in [-0.05, 0) is 26.3 Å². The van der Waals surface area contributed by atoms with Crippen LogP contribution in [0.2, 0.25) is 0 Å². The Labute approximate surface area is 130 Å². The average molecular weight is 309 g/mol. The Morgan fingerprint density at radius 2 is 1.91 bits per heavy atom. The molecule has 0 saturated heterocycles. The summed E-state index contributed by atoms with van der Waals surface area (Å²) in [5, 5.41) is 11.4. The zero-order valence-corrected chi connectivity index (χ0v) is 13.2. The molecule has 1 atom stereocenters. The van der Waals surface area contributed by atoms with Gasteiger partial charge in [0.15, 0.2) is 0 Å². The Bertz CT molecular complexity index is 487. The van der Waals surface area contributed by atoms with E-state index in [-0.39, 0.29) is 25.7 Å². The minimum atomic E-state index is -0.955. The second kappa shape index (κ2) is 8.51. The van der Waals surface area contributed by atoms with Crippen LogP contribution in [0.5, 0.6) is 0 Å². The van der Waals surface area contributed by atoms with Crippen molar-refractivity contribution in [1.82, 2.24) is 5.32 Å². The first-order valence-electron chi connectivity index (χ1n) is 7.10. The van der Waals surface area contributed by atoms with Crippen molar-refractivity contribution < 1.29 is 24.2 Å². The van der Waals surface area contributed by atoms with Gasteiger partial charge >= 0.3 is 11.9 Å². The van der Waals surface area contributed by atoms with Crippen LogP contribution in [0.1, 0.15) is 32.8 Å². The van der Waals surface area contributed by atoms with Crippen LogP contribution in [-0.4, -0.2) is 35.4 Å². The molecule has 1 aromatic carbocycles. The highest BCUT2D eigenvalue weighted by atomic mass is 16.5. The molecule has 22 heavy (non-hydrogen) atoms. The summed E-state index contributed by atoms with van der Waals surface area (Å²) in [5.41, 5.74) is 0.186.